The van der Waals surface area contributed by atoms with E-state index in [0.717, 1.165) is 21.4 Å². The van der Waals surface area contributed by atoms with Gasteiger partial charge in [0.15, 0.2) is 0 Å². The van der Waals surface area contributed by atoms with E-state index in [1.165, 1.54) is 16.6 Å². The molecule has 120 valence electrons. The molecule has 1 aromatic heterocycles. The molecule has 0 atom stereocenters. The fourth-order valence-corrected chi connectivity index (χ4v) is 5.83. The minimum absolute atomic E-state index is 0.000936. The zero-order chi connectivity index (χ0) is 16.7. The van der Waals surface area contributed by atoms with Gasteiger partial charge in [0.25, 0.3) is 0 Å². The zero-order valence-electron chi connectivity index (χ0n) is 14.6. The van der Waals surface area contributed by atoms with Crippen LogP contribution >= 0.6 is 15.7 Å². The van der Waals surface area contributed by atoms with E-state index in [2.05, 4.69) is 66.7 Å². The second-order valence-corrected chi connectivity index (χ2v) is 9.89. The second-order valence-electron chi connectivity index (χ2n) is 7.49. The van der Waals surface area contributed by atoms with Crippen LogP contribution in [0.15, 0.2) is 18.2 Å². The first-order chi connectivity index (χ1) is 10.1. The van der Waals surface area contributed by atoms with Crippen molar-refractivity contribution >= 4 is 15.7 Å². The van der Waals surface area contributed by atoms with Gasteiger partial charge in [-0.1, -0.05) is 66.7 Å². The van der Waals surface area contributed by atoms with E-state index in [0.29, 0.717) is 11.8 Å². The van der Waals surface area contributed by atoms with Crippen LogP contribution in [0.1, 0.15) is 76.9 Å². The molecule has 0 N–H and O–H groups in total. The third kappa shape index (κ3) is 3.24. The summed E-state index contributed by atoms with van der Waals surface area (Å²) in [6.45, 7) is 15.4. The molecule has 0 aliphatic carbocycles. The van der Waals surface area contributed by atoms with E-state index in [9.17, 15) is 5.11 Å². The smallest absolute Gasteiger partial charge is 0.0595 e. The van der Waals surface area contributed by atoms with Gasteiger partial charge in [-0.25, -0.2) is 0 Å². The molecule has 0 fully saturated rings. The van der Waals surface area contributed by atoms with Crippen molar-refractivity contribution in [2.75, 3.05) is 0 Å². The molecule has 0 spiro atoms. The van der Waals surface area contributed by atoms with Gasteiger partial charge >= 0.3 is 0 Å². The SMILES string of the molecule is CC(C)c1cccc(C(C)C)c1-n1c([O-])ppc1C(C)(C)C. The van der Waals surface area contributed by atoms with Crippen LogP contribution in [0.2, 0.25) is 0 Å². The maximum absolute atomic E-state index is 12.7. The van der Waals surface area contributed by atoms with Gasteiger partial charge in [0.05, 0.1) is 11.1 Å². The fraction of sp³-hybridized carbons (Fsp3) is 0.556. The van der Waals surface area contributed by atoms with Crippen molar-refractivity contribution < 1.29 is 5.11 Å². The molecular formula is C18H26NOP2-. The third-order valence-electron chi connectivity index (χ3n) is 3.87. The molecule has 4 heteroatoms. The number of hydrogen-bond acceptors (Lipinski definition) is 1. The topological polar surface area (TPSA) is 28.0 Å². The van der Waals surface area contributed by atoms with E-state index in [1.54, 1.807) is 0 Å². The number of nitrogens with zero attached hydrogens (tertiary/aromatic N) is 1. The molecule has 2 aromatic rings. The van der Waals surface area contributed by atoms with Crippen LogP contribution in [-0.4, -0.2) is 4.57 Å². The van der Waals surface area contributed by atoms with Crippen LogP contribution in [0.25, 0.3) is 5.69 Å². The first kappa shape index (κ1) is 17.5. The highest BCUT2D eigenvalue weighted by molar-refractivity contribution is 7.91. The Morgan fingerprint density at radius 2 is 1.45 bits per heavy atom. The third-order valence-corrected chi connectivity index (χ3v) is 6.78. The highest BCUT2D eigenvalue weighted by atomic mass is 31.8. The highest BCUT2D eigenvalue weighted by Gasteiger charge is 2.24. The van der Waals surface area contributed by atoms with Crippen LogP contribution in [0, 0.1) is 0 Å². The average molecular weight is 334 g/mol. The van der Waals surface area contributed by atoms with Gasteiger partial charge in [-0.3, -0.25) is 0 Å². The molecule has 0 unspecified atom stereocenters. The summed E-state index contributed by atoms with van der Waals surface area (Å²) in [5.41, 5.74) is 5.11. The summed E-state index contributed by atoms with van der Waals surface area (Å²) < 4.78 is 2.02. The van der Waals surface area contributed by atoms with Crippen LogP contribution in [-0.2, 0) is 5.41 Å². The summed E-state index contributed by atoms with van der Waals surface area (Å²) in [5, 5.41) is 12.7. The summed E-state index contributed by atoms with van der Waals surface area (Å²) in [6.07, 6.45) is 0. The minimum atomic E-state index is -0.000936. The van der Waals surface area contributed by atoms with Crippen molar-refractivity contribution in [2.45, 2.75) is 65.7 Å². The minimum Gasteiger partial charge on any atom is -0.856 e. The van der Waals surface area contributed by atoms with Crippen molar-refractivity contribution in [3.63, 3.8) is 0 Å². The van der Waals surface area contributed by atoms with Crippen molar-refractivity contribution in [1.29, 1.82) is 0 Å². The molecule has 0 aliphatic rings. The van der Waals surface area contributed by atoms with Crippen LogP contribution in [0.4, 0.5) is 0 Å². The van der Waals surface area contributed by atoms with Gasteiger partial charge in [0, 0.05) is 11.0 Å². The Bertz CT molecular complexity index is 640. The molecule has 0 saturated heterocycles. The van der Waals surface area contributed by atoms with Gasteiger partial charge < -0.3 is 9.67 Å². The van der Waals surface area contributed by atoms with Crippen molar-refractivity contribution in [3.05, 3.63) is 34.8 Å². The molecule has 22 heavy (non-hydrogen) atoms. The van der Waals surface area contributed by atoms with Crippen LogP contribution in [0.3, 0.4) is 0 Å². The molecule has 0 aliphatic heterocycles. The monoisotopic (exact) mass is 334 g/mol. The molecule has 0 saturated carbocycles. The number of para-hydroxylation sites is 1. The lowest BCUT2D eigenvalue weighted by Crippen LogP contribution is -2.19. The number of aromatic nitrogens is 1. The van der Waals surface area contributed by atoms with Gasteiger partial charge in [-0.05, 0) is 38.7 Å². The Hall–Kier alpha value is -0.840. The molecule has 1 heterocycles. The quantitative estimate of drug-likeness (QED) is 0.651. The van der Waals surface area contributed by atoms with Crippen molar-refractivity contribution in [2.24, 2.45) is 0 Å². The zero-order valence-corrected chi connectivity index (χ0v) is 16.4. The lowest BCUT2D eigenvalue weighted by Gasteiger charge is -2.29. The van der Waals surface area contributed by atoms with Crippen LogP contribution in [0.5, 0.6) is 5.61 Å². The standard InChI is InChI=1S/C18H27NOP2/c1-11(2)13-9-8-10-14(12(3)4)15(13)19-16(18(5,6)7)21-22-17(19)20/h8-12,20H,1-7H3/p-1. The Kier molecular flexibility index (Phi) is 5.05. The number of benzene rings is 1. The molecule has 0 radical (unpaired) electrons. The summed E-state index contributed by atoms with van der Waals surface area (Å²) in [4.78, 5) is 0. The van der Waals surface area contributed by atoms with Crippen molar-refractivity contribution in [3.8, 4) is 11.3 Å². The molecule has 0 bridgehead atoms. The summed E-state index contributed by atoms with van der Waals surface area (Å²) in [6, 6.07) is 6.47. The highest BCUT2D eigenvalue weighted by Crippen LogP contribution is 2.46. The lowest BCUT2D eigenvalue weighted by molar-refractivity contribution is -0.270. The maximum Gasteiger partial charge on any atom is 0.0595 e. The second kappa shape index (κ2) is 6.34. The van der Waals surface area contributed by atoms with Crippen molar-refractivity contribution in [1.82, 2.24) is 4.57 Å². The normalized spacial score (nSPS) is 13.1. The summed E-state index contributed by atoms with van der Waals surface area (Å²) in [5.74, 6) is 0.799. The molecule has 2 rings (SSSR count). The predicted octanol–water partition coefficient (Wildman–Crippen LogP) is 6.26. The first-order valence-corrected chi connectivity index (χ1v) is 10.4. The Morgan fingerprint density at radius 3 is 1.86 bits per heavy atom. The largest absolute Gasteiger partial charge is 0.856 e. The van der Waals surface area contributed by atoms with E-state index in [1.807, 2.05) is 4.57 Å². The van der Waals surface area contributed by atoms with Gasteiger partial charge in [-0.15, -0.1) is 0 Å². The molecule has 0 amide bonds. The fourth-order valence-electron chi connectivity index (χ4n) is 2.73. The first-order valence-electron chi connectivity index (χ1n) is 7.90. The number of rotatable bonds is 3. The van der Waals surface area contributed by atoms with Gasteiger partial charge in [0.1, 0.15) is 0 Å². The maximum atomic E-state index is 12.7. The number of hydrogen-bond donors (Lipinski definition) is 0. The van der Waals surface area contributed by atoms with E-state index >= 15 is 0 Å². The average Bonchev–Trinajstić information content (AvgIpc) is 2.79. The van der Waals surface area contributed by atoms with E-state index < -0.39 is 0 Å². The Labute approximate surface area is 137 Å². The molecular weight excluding hydrogens is 308 g/mol. The van der Waals surface area contributed by atoms with Gasteiger partial charge in [0.2, 0.25) is 0 Å². The Morgan fingerprint density at radius 1 is 0.955 bits per heavy atom. The Balaban J connectivity index is 2.85. The van der Waals surface area contributed by atoms with Gasteiger partial charge in [-0.2, -0.15) is 0 Å². The lowest BCUT2D eigenvalue weighted by atomic mass is 9.91. The van der Waals surface area contributed by atoms with Crippen LogP contribution < -0.4 is 5.11 Å². The molecule has 1 aromatic carbocycles. The summed E-state index contributed by atoms with van der Waals surface area (Å²) in [7, 11) is 2.00. The van der Waals surface area contributed by atoms with E-state index in [-0.39, 0.29) is 11.0 Å². The van der Waals surface area contributed by atoms with E-state index in [4.69, 9.17) is 0 Å². The molecule has 2 nitrogen and oxygen atoms in total. The summed E-state index contributed by atoms with van der Waals surface area (Å²) >= 11 is 0. The predicted molar refractivity (Wildman–Crippen MR) is 97.1 cm³/mol.